The van der Waals surface area contributed by atoms with Crippen LogP contribution >= 0.6 is 7.14 Å². The van der Waals surface area contributed by atoms with Crippen molar-refractivity contribution in [1.29, 1.82) is 0 Å². The highest BCUT2D eigenvalue weighted by Gasteiger charge is 2.30. The minimum absolute atomic E-state index is 0.00480. The second kappa shape index (κ2) is 16.8. The Kier molecular flexibility index (Phi) is 14.2. The van der Waals surface area contributed by atoms with E-state index in [4.69, 9.17) is 15.2 Å². The number of rotatable bonds is 14. The summed E-state index contributed by atoms with van der Waals surface area (Å²) in [5, 5.41) is 10.8. The molecule has 0 radical (unpaired) electrons. The molecule has 0 aliphatic carbocycles. The maximum absolute atomic E-state index is 13.6. The standard InChI is InChI=1S/C24H37N2O6PS.C8H10/c1-18(2)15-26(16-22(27)21(25)13-19-9-7-6-8-10-19)34(29,30)20-11-12-23(31-3)24(14-20)32-17-33(4,5)28;1-2-8-6-4-3-5-7-8/h6-12,14,18,21-22,27H,13,15-17,25H2,1-5H3;3-7H,2H2,1H3/t21-,22+;/m0./s1. The fraction of sp³-hybridized carbons (Fsp3) is 0.438. The quantitative estimate of drug-likeness (QED) is 0.230. The number of nitrogens with zero attached hydrogens (tertiary/aromatic N) is 1. The van der Waals surface area contributed by atoms with Crippen molar-refractivity contribution < 1.29 is 27.6 Å². The van der Waals surface area contributed by atoms with Gasteiger partial charge in [-0.25, -0.2) is 8.42 Å². The molecule has 10 heteroatoms. The first-order valence-electron chi connectivity index (χ1n) is 14.1. The summed E-state index contributed by atoms with van der Waals surface area (Å²) in [4.78, 5) is -0.00480. The van der Waals surface area contributed by atoms with Crippen LogP contribution in [0.3, 0.4) is 0 Å². The summed E-state index contributed by atoms with van der Waals surface area (Å²) < 4.78 is 51.4. The lowest BCUT2D eigenvalue weighted by Crippen LogP contribution is -2.47. The van der Waals surface area contributed by atoms with Gasteiger partial charge in [0.05, 0.1) is 18.1 Å². The van der Waals surface area contributed by atoms with Crippen molar-refractivity contribution in [2.24, 2.45) is 11.7 Å². The highest BCUT2D eigenvalue weighted by molar-refractivity contribution is 7.89. The normalized spacial score (nSPS) is 13.3. The van der Waals surface area contributed by atoms with Gasteiger partial charge in [0.2, 0.25) is 10.0 Å². The Bertz CT molecular complexity index is 1360. The van der Waals surface area contributed by atoms with Crippen molar-refractivity contribution in [2.45, 2.75) is 50.7 Å². The molecular weight excluding hydrogens is 571 g/mol. The maximum Gasteiger partial charge on any atom is 0.243 e. The van der Waals surface area contributed by atoms with Crippen molar-refractivity contribution in [3.8, 4) is 11.5 Å². The summed E-state index contributed by atoms with van der Waals surface area (Å²) in [6.07, 6.45) is 0.455. The van der Waals surface area contributed by atoms with E-state index in [1.807, 2.05) is 50.2 Å². The minimum atomic E-state index is -3.99. The van der Waals surface area contributed by atoms with Crippen molar-refractivity contribution in [1.82, 2.24) is 4.31 Å². The summed E-state index contributed by atoms with van der Waals surface area (Å²) in [7, 11) is -5.04. The first-order chi connectivity index (χ1) is 19.8. The van der Waals surface area contributed by atoms with Crippen molar-refractivity contribution in [2.75, 3.05) is 39.9 Å². The van der Waals surface area contributed by atoms with Crippen LogP contribution in [0.15, 0.2) is 83.8 Å². The van der Waals surface area contributed by atoms with E-state index in [0.717, 1.165) is 12.0 Å². The average Bonchev–Trinajstić information content (AvgIpc) is 2.96. The lowest BCUT2D eigenvalue weighted by molar-refractivity contribution is 0.116. The molecule has 42 heavy (non-hydrogen) atoms. The van der Waals surface area contributed by atoms with Crippen LogP contribution in [0, 0.1) is 5.92 Å². The van der Waals surface area contributed by atoms with E-state index in [1.165, 1.54) is 35.2 Å². The first-order valence-corrected chi connectivity index (χ1v) is 18.4. The van der Waals surface area contributed by atoms with Gasteiger partial charge >= 0.3 is 0 Å². The number of sulfonamides is 1. The van der Waals surface area contributed by atoms with Crippen molar-refractivity contribution in [3.05, 3.63) is 90.0 Å². The van der Waals surface area contributed by atoms with Crippen LogP contribution in [0.25, 0.3) is 0 Å². The highest BCUT2D eigenvalue weighted by atomic mass is 32.2. The Morgan fingerprint density at radius 3 is 1.95 bits per heavy atom. The van der Waals surface area contributed by atoms with E-state index in [2.05, 4.69) is 31.2 Å². The number of hydrogen-bond donors (Lipinski definition) is 2. The molecule has 0 aliphatic heterocycles. The number of hydrogen-bond acceptors (Lipinski definition) is 7. The van der Waals surface area contributed by atoms with Crippen LogP contribution < -0.4 is 15.2 Å². The van der Waals surface area contributed by atoms with Gasteiger partial charge in [-0.3, -0.25) is 0 Å². The molecule has 3 aromatic carbocycles. The molecule has 232 valence electrons. The van der Waals surface area contributed by atoms with Crippen LogP contribution in [0.5, 0.6) is 11.5 Å². The lowest BCUT2D eigenvalue weighted by Gasteiger charge is -2.29. The zero-order valence-electron chi connectivity index (χ0n) is 25.6. The molecule has 8 nitrogen and oxygen atoms in total. The Hall–Kier alpha value is -2.68. The lowest BCUT2D eigenvalue weighted by atomic mass is 10.0. The van der Waals surface area contributed by atoms with Crippen LogP contribution in [0.1, 0.15) is 31.9 Å². The Morgan fingerprint density at radius 1 is 0.905 bits per heavy atom. The van der Waals surface area contributed by atoms with Crippen molar-refractivity contribution >= 4 is 17.2 Å². The predicted octanol–water partition coefficient (Wildman–Crippen LogP) is 5.48. The predicted molar refractivity (Wildman–Crippen MR) is 171 cm³/mol. The molecule has 0 aliphatic rings. The largest absolute Gasteiger partial charge is 0.493 e. The maximum atomic E-state index is 13.6. The van der Waals surface area contributed by atoms with Crippen molar-refractivity contribution in [3.63, 3.8) is 0 Å². The Labute approximate surface area is 252 Å². The van der Waals surface area contributed by atoms with Gasteiger partial charge in [0.1, 0.15) is 13.5 Å². The molecule has 0 saturated heterocycles. The SMILES string of the molecule is CCc1ccccc1.COc1ccc(S(=O)(=O)N(CC(C)C)C[C@@H](O)[C@@H](N)Cc2ccccc2)cc1OCP(C)(C)=O. The molecule has 2 atom stereocenters. The second-order valence-corrected chi connectivity index (χ2v) is 16.5. The third kappa shape index (κ3) is 11.9. The van der Waals surface area contributed by atoms with Gasteiger partial charge in [-0.2, -0.15) is 4.31 Å². The van der Waals surface area contributed by atoms with Crippen LogP contribution in [-0.2, 0) is 27.4 Å². The van der Waals surface area contributed by atoms with Crippen LogP contribution in [-0.4, -0.2) is 69.9 Å². The molecular formula is C32H47N2O6PS. The number of aryl methyl sites for hydroxylation is 1. The van der Waals surface area contributed by atoms with Gasteiger partial charge in [-0.15, -0.1) is 0 Å². The van der Waals surface area contributed by atoms with E-state index >= 15 is 0 Å². The number of aliphatic hydroxyl groups excluding tert-OH is 1. The summed E-state index contributed by atoms with van der Waals surface area (Å²) in [6, 6.07) is 23.6. The summed E-state index contributed by atoms with van der Waals surface area (Å²) in [5.41, 5.74) is 8.59. The Balaban J connectivity index is 0.000000661. The van der Waals surface area contributed by atoms with E-state index in [0.29, 0.717) is 12.2 Å². The highest BCUT2D eigenvalue weighted by Crippen LogP contribution is 2.39. The minimum Gasteiger partial charge on any atom is -0.493 e. The third-order valence-corrected chi connectivity index (χ3v) is 8.90. The summed E-state index contributed by atoms with van der Waals surface area (Å²) in [5.74, 6) is 0.554. The number of nitrogens with two attached hydrogens (primary N) is 1. The number of benzene rings is 3. The van der Waals surface area contributed by atoms with E-state index in [9.17, 15) is 18.1 Å². The smallest absolute Gasteiger partial charge is 0.243 e. The molecule has 0 bridgehead atoms. The first kappa shape index (κ1) is 35.5. The van der Waals surface area contributed by atoms with E-state index in [-0.39, 0.29) is 36.0 Å². The van der Waals surface area contributed by atoms with Gasteiger partial charge < -0.3 is 24.9 Å². The monoisotopic (exact) mass is 618 g/mol. The van der Waals surface area contributed by atoms with Crippen LogP contribution in [0.2, 0.25) is 0 Å². The molecule has 0 heterocycles. The molecule has 3 aromatic rings. The molecule has 0 aromatic heterocycles. The average molecular weight is 619 g/mol. The van der Waals surface area contributed by atoms with E-state index in [1.54, 1.807) is 13.3 Å². The number of aliphatic hydroxyl groups is 1. The molecule has 3 rings (SSSR count). The molecule has 0 spiro atoms. The number of methoxy groups -OCH3 is 1. The van der Waals surface area contributed by atoms with Gasteiger partial charge in [-0.05, 0) is 55.3 Å². The fourth-order valence-corrected chi connectivity index (χ4v) is 6.15. The zero-order chi connectivity index (χ0) is 31.3. The summed E-state index contributed by atoms with van der Waals surface area (Å²) in [6.45, 7) is 9.21. The van der Waals surface area contributed by atoms with Gasteiger partial charge in [-0.1, -0.05) is 81.4 Å². The molecule has 3 N–H and O–H groups in total. The zero-order valence-corrected chi connectivity index (χ0v) is 27.4. The topological polar surface area (TPSA) is 119 Å². The van der Waals surface area contributed by atoms with Gasteiger partial charge in [0, 0.05) is 25.2 Å². The second-order valence-electron chi connectivity index (χ2n) is 11.1. The molecule has 0 saturated carbocycles. The van der Waals surface area contributed by atoms with Gasteiger partial charge in [0.15, 0.2) is 11.5 Å². The summed E-state index contributed by atoms with van der Waals surface area (Å²) >= 11 is 0. The third-order valence-electron chi connectivity index (χ3n) is 6.32. The Morgan fingerprint density at radius 2 is 1.48 bits per heavy atom. The van der Waals surface area contributed by atoms with Gasteiger partial charge in [0.25, 0.3) is 0 Å². The fourth-order valence-electron chi connectivity index (χ4n) is 4.06. The van der Waals surface area contributed by atoms with Crippen LogP contribution in [0.4, 0.5) is 0 Å². The molecule has 0 amide bonds. The van der Waals surface area contributed by atoms with E-state index < -0.39 is 29.3 Å². The number of ether oxygens (including phenoxy) is 2. The molecule has 0 fully saturated rings. The molecule has 0 unspecified atom stereocenters.